The van der Waals surface area contributed by atoms with Crippen LogP contribution in [0.4, 0.5) is 8.78 Å². The molecule has 0 saturated heterocycles. The summed E-state index contributed by atoms with van der Waals surface area (Å²) in [6.07, 6.45) is 0.677. The second-order valence-corrected chi connectivity index (χ2v) is 5.56. The highest BCUT2D eigenvalue weighted by atomic mass is 19.3. The van der Waals surface area contributed by atoms with Crippen molar-refractivity contribution in [2.45, 2.75) is 39.0 Å². The molecule has 6 heteroatoms. The minimum absolute atomic E-state index is 0.0281. The van der Waals surface area contributed by atoms with E-state index >= 15 is 0 Å². The number of nitrogens with one attached hydrogen (secondary N) is 1. The van der Waals surface area contributed by atoms with Gasteiger partial charge in [-0.2, -0.15) is 8.78 Å². The molecule has 1 aliphatic rings. The van der Waals surface area contributed by atoms with Crippen LogP contribution in [0.25, 0.3) is 0 Å². The van der Waals surface area contributed by atoms with Crippen molar-refractivity contribution in [3.63, 3.8) is 0 Å². The lowest BCUT2D eigenvalue weighted by atomic mass is 9.63. The lowest BCUT2D eigenvalue weighted by Gasteiger charge is -2.50. The van der Waals surface area contributed by atoms with Gasteiger partial charge >= 0.3 is 6.61 Å². The normalized spacial score (nSPS) is 24.1. The lowest BCUT2D eigenvalue weighted by molar-refractivity contribution is -0.0502. The number of ether oxygens (including phenoxy) is 1. The van der Waals surface area contributed by atoms with Crippen LogP contribution in [0.15, 0.2) is 24.3 Å². The number of carbonyl (C=O) groups is 1. The Kier molecular flexibility index (Phi) is 3.94. The summed E-state index contributed by atoms with van der Waals surface area (Å²) in [5, 5.41) is 2.82. The Morgan fingerprint density at radius 1 is 1.45 bits per heavy atom. The van der Waals surface area contributed by atoms with Crippen LogP contribution in [0.2, 0.25) is 0 Å². The predicted octanol–water partition coefficient (Wildman–Crippen LogP) is 2.14. The first-order valence-corrected chi connectivity index (χ1v) is 6.42. The van der Waals surface area contributed by atoms with Crippen LogP contribution in [0.1, 0.15) is 30.6 Å². The van der Waals surface area contributed by atoms with Crippen molar-refractivity contribution in [2.75, 3.05) is 0 Å². The summed E-state index contributed by atoms with van der Waals surface area (Å²) < 4.78 is 29.0. The van der Waals surface area contributed by atoms with Gasteiger partial charge in [-0.05, 0) is 18.6 Å². The fraction of sp³-hybridized carbons (Fsp3) is 0.500. The average Bonchev–Trinajstić information content (AvgIpc) is 2.38. The van der Waals surface area contributed by atoms with Crippen molar-refractivity contribution in [2.24, 2.45) is 11.1 Å². The molecule has 0 heterocycles. The number of nitrogens with two attached hydrogens (primary N) is 1. The molecule has 0 aliphatic heterocycles. The molecule has 1 aromatic rings. The highest BCUT2D eigenvalue weighted by Gasteiger charge is 2.46. The fourth-order valence-electron chi connectivity index (χ4n) is 2.29. The van der Waals surface area contributed by atoms with Gasteiger partial charge in [-0.25, -0.2) is 0 Å². The number of amides is 1. The molecule has 20 heavy (non-hydrogen) atoms. The first-order chi connectivity index (χ1) is 9.32. The van der Waals surface area contributed by atoms with Gasteiger partial charge in [-0.3, -0.25) is 4.79 Å². The number of halogens is 2. The van der Waals surface area contributed by atoms with Crippen molar-refractivity contribution in [3.05, 3.63) is 29.8 Å². The molecule has 1 aromatic carbocycles. The van der Waals surface area contributed by atoms with Gasteiger partial charge < -0.3 is 15.8 Å². The molecule has 3 N–H and O–H groups in total. The van der Waals surface area contributed by atoms with Gasteiger partial charge in [0, 0.05) is 17.5 Å². The number of benzene rings is 1. The third-order valence-electron chi connectivity index (χ3n) is 4.00. The Morgan fingerprint density at radius 3 is 2.65 bits per heavy atom. The number of rotatable bonds is 4. The van der Waals surface area contributed by atoms with E-state index in [0.717, 1.165) is 0 Å². The minimum atomic E-state index is -2.96. The van der Waals surface area contributed by atoms with Gasteiger partial charge in [-0.1, -0.05) is 26.0 Å². The Hall–Kier alpha value is -1.69. The van der Waals surface area contributed by atoms with Crippen LogP contribution in [0, 0.1) is 5.41 Å². The number of carbonyl (C=O) groups excluding carboxylic acids is 1. The molecule has 0 radical (unpaired) electrons. The molecule has 110 valence electrons. The molecular formula is C14H18F2N2O2. The molecule has 2 unspecified atom stereocenters. The van der Waals surface area contributed by atoms with E-state index < -0.39 is 12.5 Å². The third kappa shape index (κ3) is 2.75. The van der Waals surface area contributed by atoms with Crippen LogP contribution >= 0.6 is 0 Å². The van der Waals surface area contributed by atoms with Crippen LogP contribution in [-0.4, -0.2) is 24.6 Å². The molecule has 0 aromatic heterocycles. The maximum Gasteiger partial charge on any atom is 0.387 e. The predicted molar refractivity (Wildman–Crippen MR) is 70.7 cm³/mol. The van der Waals surface area contributed by atoms with Gasteiger partial charge in [0.2, 0.25) is 0 Å². The molecule has 1 aliphatic carbocycles. The molecule has 2 atom stereocenters. The monoisotopic (exact) mass is 284 g/mol. The number of hydrogen-bond acceptors (Lipinski definition) is 3. The van der Waals surface area contributed by atoms with Gasteiger partial charge in [-0.15, -0.1) is 0 Å². The smallest absolute Gasteiger partial charge is 0.387 e. The zero-order valence-corrected chi connectivity index (χ0v) is 11.4. The van der Waals surface area contributed by atoms with Crippen molar-refractivity contribution in [1.29, 1.82) is 0 Å². The van der Waals surface area contributed by atoms with E-state index in [9.17, 15) is 13.6 Å². The molecule has 4 nitrogen and oxygen atoms in total. The molecule has 0 bridgehead atoms. The van der Waals surface area contributed by atoms with Gasteiger partial charge in [0.05, 0.1) is 5.56 Å². The first kappa shape index (κ1) is 14.7. The van der Waals surface area contributed by atoms with Gasteiger partial charge in [0.25, 0.3) is 5.91 Å². The summed E-state index contributed by atoms with van der Waals surface area (Å²) in [5.74, 6) is -0.548. The zero-order chi connectivity index (χ0) is 14.9. The summed E-state index contributed by atoms with van der Waals surface area (Å²) in [6, 6.07) is 5.91. The zero-order valence-electron chi connectivity index (χ0n) is 11.4. The Labute approximate surface area is 116 Å². The molecule has 1 amide bonds. The van der Waals surface area contributed by atoms with E-state index in [0.29, 0.717) is 6.42 Å². The summed E-state index contributed by atoms with van der Waals surface area (Å²) in [4.78, 5) is 12.2. The van der Waals surface area contributed by atoms with E-state index in [1.165, 1.54) is 18.2 Å². The topological polar surface area (TPSA) is 64.3 Å². The number of para-hydroxylation sites is 1. The lowest BCUT2D eigenvalue weighted by Crippen LogP contribution is -2.64. The summed E-state index contributed by atoms with van der Waals surface area (Å²) >= 11 is 0. The van der Waals surface area contributed by atoms with E-state index in [1.54, 1.807) is 6.07 Å². The Morgan fingerprint density at radius 2 is 2.10 bits per heavy atom. The summed E-state index contributed by atoms with van der Waals surface area (Å²) in [7, 11) is 0. The highest BCUT2D eigenvalue weighted by molar-refractivity contribution is 5.97. The van der Waals surface area contributed by atoms with E-state index in [2.05, 4.69) is 10.1 Å². The van der Waals surface area contributed by atoms with Crippen molar-refractivity contribution in [1.82, 2.24) is 5.32 Å². The average molecular weight is 284 g/mol. The van der Waals surface area contributed by atoms with E-state index in [1.807, 2.05) is 13.8 Å². The number of alkyl halides is 2. The highest BCUT2D eigenvalue weighted by Crippen LogP contribution is 2.39. The quantitative estimate of drug-likeness (QED) is 0.890. The van der Waals surface area contributed by atoms with Crippen LogP contribution in [0.3, 0.4) is 0 Å². The second-order valence-electron chi connectivity index (χ2n) is 5.56. The van der Waals surface area contributed by atoms with Gasteiger partial charge in [0.15, 0.2) is 0 Å². The Balaban J connectivity index is 2.10. The standard InChI is InChI=1S/C14H18F2N2O2/c1-14(2)10(17)7-11(14)18-12(19)8-5-3-4-6-9(8)20-13(15)16/h3-6,10-11,13H,7,17H2,1-2H3,(H,18,19). The maximum absolute atomic E-state index is 12.3. The van der Waals surface area contributed by atoms with Gasteiger partial charge in [0.1, 0.15) is 5.75 Å². The second kappa shape index (κ2) is 5.36. The minimum Gasteiger partial charge on any atom is -0.434 e. The van der Waals surface area contributed by atoms with Crippen LogP contribution < -0.4 is 15.8 Å². The third-order valence-corrected chi connectivity index (χ3v) is 4.00. The molecule has 2 rings (SSSR count). The van der Waals surface area contributed by atoms with Crippen molar-refractivity contribution >= 4 is 5.91 Å². The molecule has 0 spiro atoms. The van der Waals surface area contributed by atoms with Crippen LogP contribution in [0.5, 0.6) is 5.75 Å². The summed E-state index contributed by atoms with van der Waals surface area (Å²) in [6.45, 7) is 0.971. The first-order valence-electron chi connectivity index (χ1n) is 6.42. The van der Waals surface area contributed by atoms with Crippen LogP contribution in [-0.2, 0) is 0 Å². The fourth-order valence-corrected chi connectivity index (χ4v) is 2.29. The summed E-state index contributed by atoms with van der Waals surface area (Å²) in [5.41, 5.74) is 5.78. The largest absolute Gasteiger partial charge is 0.434 e. The van der Waals surface area contributed by atoms with Crippen molar-refractivity contribution in [3.8, 4) is 5.75 Å². The molecule has 1 saturated carbocycles. The maximum atomic E-state index is 12.3. The van der Waals surface area contributed by atoms with E-state index in [4.69, 9.17) is 5.73 Å². The SMILES string of the molecule is CC1(C)C(N)CC1NC(=O)c1ccccc1OC(F)F. The molecular weight excluding hydrogens is 266 g/mol. The Bertz CT molecular complexity index is 506. The molecule has 1 fully saturated rings. The van der Waals surface area contributed by atoms with E-state index in [-0.39, 0.29) is 28.8 Å². The van der Waals surface area contributed by atoms with Crippen molar-refractivity contribution < 1.29 is 18.3 Å². The number of hydrogen-bond donors (Lipinski definition) is 2.